The van der Waals surface area contributed by atoms with E-state index in [0.29, 0.717) is 18.8 Å². The Balaban J connectivity index is 2.55. The van der Waals surface area contributed by atoms with Crippen molar-refractivity contribution in [2.75, 3.05) is 13.1 Å². The maximum Gasteiger partial charge on any atom is 0.314 e. The molecule has 0 spiro atoms. The molecule has 0 atom stereocenters. The minimum atomic E-state index is -3.68. The van der Waals surface area contributed by atoms with Crippen molar-refractivity contribution in [3.63, 3.8) is 0 Å². The summed E-state index contributed by atoms with van der Waals surface area (Å²) in [5, 5.41) is 4.08. The van der Waals surface area contributed by atoms with Crippen molar-refractivity contribution in [1.82, 2.24) is 14.1 Å². The fraction of sp³-hybridized carbons (Fsp3) is 0.429. The van der Waals surface area contributed by atoms with Crippen LogP contribution in [0.15, 0.2) is 27.7 Å². The molecule has 0 unspecified atom stereocenters. The molecular formula is C14H19N3O4S. The molecule has 2 aromatic rings. The van der Waals surface area contributed by atoms with Crippen LogP contribution in [-0.4, -0.2) is 41.5 Å². The Kier molecular flexibility index (Phi) is 4.52. The Bertz CT molecular complexity index is 771. The summed E-state index contributed by atoms with van der Waals surface area (Å²) in [6.07, 6.45) is 1.38. The van der Waals surface area contributed by atoms with Crippen LogP contribution in [0.1, 0.15) is 35.8 Å². The summed E-state index contributed by atoms with van der Waals surface area (Å²) in [6, 6.07) is 3.10. The molecule has 0 aliphatic rings. The average molecular weight is 325 g/mol. The molecule has 0 aliphatic heterocycles. The van der Waals surface area contributed by atoms with E-state index in [-0.39, 0.29) is 16.3 Å². The van der Waals surface area contributed by atoms with Crippen molar-refractivity contribution in [3.05, 3.63) is 35.5 Å². The summed E-state index contributed by atoms with van der Waals surface area (Å²) in [5.74, 6) is -0.385. The molecule has 2 heterocycles. The number of nitrogens with zero attached hydrogens (tertiary/aromatic N) is 3. The van der Waals surface area contributed by atoms with E-state index in [1.807, 2.05) is 0 Å². The molecule has 0 N–H and O–H groups in total. The van der Waals surface area contributed by atoms with Gasteiger partial charge in [-0.15, -0.1) is 0 Å². The Morgan fingerprint density at radius 3 is 2.45 bits per heavy atom. The number of hydrogen-bond donors (Lipinski definition) is 0. The van der Waals surface area contributed by atoms with Crippen LogP contribution in [-0.2, 0) is 10.0 Å². The first-order valence-corrected chi connectivity index (χ1v) is 8.43. The van der Waals surface area contributed by atoms with E-state index in [0.717, 1.165) is 4.68 Å². The molecule has 0 amide bonds. The smallest absolute Gasteiger partial charge is 0.314 e. The summed E-state index contributed by atoms with van der Waals surface area (Å²) in [6.45, 7) is 7.39. The predicted molar refractivity (Wildman–Crippen MR) is 80.2 cm³/mol. The van der Waals surface area contributed by atoms with Gasteiger partial charge in [0.2, 0.25) is 10.0 Å². The zero-order valence-corrected chi connectivity index (χ0v) is 13.8. The maximum atomic E-state index is 12.7. The van der Waals surface area contributed by atoms with Crippen molar-refractivity contribution in [2.45, 2.75) is 32.6 Å². The largest absolute Gasteiger partial charge is 0.459 e. The Morgan fingerprint density at radius 2 is 1.95 bits per heavy atom. The molecule has 2 aromatic heterocycles. The lowest BCUT2D eigenvalue weighted by Gasteiger charge is -2.18. The number of hydrogen-bond acceptors (Lipinski definition) is 5. The van der Waals surface area contributed by atoms with Gasteiger partial charge < -0.3 is 4.42 Å². The monoisotopic (exact) mass is 325 g/mol. The number of furan rings is 1. The standard InChI is InChI=1S/C14H19N3O4S/c1-5-16(6-2)22(19,20)13-10(3)15-17(11(13)4)14(18)12-8-7-9-21-12/h7-9H,5-6H2,1-4H3. The Morgan fingerprint density at radius 1 is 1.32 bits per heavy atom. The fourth-order valence-electron chi connectivity index (χ4n) is 2.40. The highest BCUT2D eigenvalue weighted by molar-refractivity contribution is 7.89. The number of aromatic nitrogens is 2. The van der Waals surface area contributed by atoms with E-state index in [4.69, 9.17) is 4.42 Å². The van der Waals surface area contributed by atoms with Gasteiger partial charge in [0.05, 0.1) is 17.7 Å². The summed E-state index contributed by atoms with van der Waals surface area (Å²) < 4.78 is 32.9. The van der Waals surface area contributed by atoms with Crippen LogP contribution in [0.5, 0.6) is 0 Å². The predicted octanol–water partition coefficient (Wildman–Crippen LogP) is 1.81. The van der Waals surface area contributed by atoms with Gasteiger partial charge >= 0.3 is 5.91 Å². The zero-order valence-electron chi connectivity index (χ0n) is 13.0. The van der Waals surface area contributed by atoms with Crippen LogP contribution in [0.2, 0.25) is 0 Å². The molecule has 0 fully saturated rings. The van der Waals surface area contributed by atoms with Crippen LogP contribution >= 0.6 is 0 Å². The lowest BCUT2D eigenvalue weighted by atomic mass is 10.4. The van der Waals surface area contributed by atoms with E-state index in [9.17, 15) is 13.2 Å². The molecule has 0 radical (unpaired) electrons. The molecular weight excluding hydrogens is 306 g/mol. The van der Waals surface area contributed by atoms with Crippen molar-refractivity contribution >= 4 is 15.9 Å². The van der Waals surface area contributed by atoms with Crippen LogP contribution in [0, 0.1) is 13.8 Å². The molecule has 2 rings (SSSR count). The highest BCUT2D eigenvalue weighted by Gasteiger charge is 2.31. The van der Waals surface area contributed by atoms with E-state index in [2.05, 4.69) is 5.10 Å². The van der Waals surface area contributed by atoms with Gasteiger partial charge in [0.1, 0.15) is 4.90 Å². The van der Waals surface area contributed by atoms with E-state index >= 15 is 0 Å². The molecule has 0 aliphatic carbocycles. The number of rotatable bonds is 5. The quantitative estimate of drug-likeness (QED) is 0.837. The second-order valence-electron chi connectivity index (χ2n) is 4.78. The first-order chi connectivity index (χ1) is 10.3. The number of carbonyl (C=O) groups excluding carboxylic acids is 1. The Labute approximate surface area is 129 Å². The molecule has 8 heteroatoms. The van der Waals surface area contributed by atoms with Crippen molar-refractivity contribution in [2.24, 2.45) is 0 Å². The van der Waals surface area contributed by atoms with Gasteiger partial charge in [0, 0.05) is 13.1 Å². The number of aryl methyl sites for hydroxylation is 1. The normalized spacial score (nSPS) is 12.0. The van der Waals surface area contributed by atoms with Gasteiger partial charge in [-0.3, -0.25) is 4.79 Å². The molecule has 22 heavy (non-hydrogen) atoms. The maximum absolute atomic E-state index is 12.7. The van der Waals surface area contributed by atoms with Crippen molar-refractivity contribution < 1.29 is 17.6 Å². The summed E-state index contributed by atoms with van der Waals surface area (Å²) in [5.41, 5.74) is 0.579. The third-order valence-electron chi connectivity index (χ3n) is 3.45. The van der Waals surface area contributed by atoms with E-state index < -0.39 is 15.9 Å². The molecule has 120 valence electrons. The topological polar surface area (TPSA) is 85.4 Å². The van der Waals surface area contributed by atoms with Gasteiger partial charge in [0.15, 0.2) is 5.76 Å². The van der Waals surface area contributed by atoms with Gasteiger partial charge in [-0.05, 0) is 26.0 Å². The van der Waals surface area contributed by atoms with Gasteiger partial charge in [-0.1, -0.05) is 13.8 Å². The van der Waals surface area contributed by atoms with Crippen LogP contribution in [0.3, 0.4) is 0 Å². The first-order valence-electron chi connectivity index (χ1n) is 6.99. The molecule has 0 saturated carbocycles. The van der Waals surface area contributed by atoms with Gasteiger partial charge in [-0.25, -0.2) is 8.42 Å². The first kappa shape index (κ1) is 16.4. The second-order valence-corrected chi connectivity index (χ2v) is 6.66. The third kappa shape index (κ3) is 2.59. The highest BCUT2D eigenvalue weighted by atomic mass is 32.2. The second kappa shape index (κ2) is 6.05. The number of sulfonamides is 1. The molecule has 0 aromatic carbocycles. The van der Waals surface area contributed by atoms with Crippen LogP contribution < -0.4 is 0 Å². The SMILES string of the molecule is CCN(CC)S(=O)(=O)c1c(C)nn(C(=O)c2ccco2)c1C. The van der Waals surface area contributed by atoms with Crippen molar-refractivity contribution in [1.29, 1.82) is 0 Å². The van der Waals surface area contributed by atoms with Gasteiger partial charge in [-0.2, -0.15) is 14.1 Å². The third-order valence-corrected chi connectivity index (χ3v) is 5.76. The summed E-state index contributed by atoms with van der Waals surface area (Å²) in [7, 11) is -3.68. The van der Waals surface area contributed by atoms with E-state index in [1.54, 1.807) is 33.8 Å². The average Bonchev–Trinajstić information content (AvgIpc) is 3.07. The molecule has 7 nitrogen and oxygen atoms in total. The zero-order chi connectivity index (χ0) is 16.5. The van der Waals surface area contributed by atoms with Crippen molar-refractivity contribution in [3.8, 4) is 0 Å². The minimum absolute atomic E-state index is 0.0797. The fourth-order valence-corrected chi connectivity index (χ4v) is 4.21. The minimum Gasteiger partial charge on any atom is -0.459 e. The lowest BCUT2D eigenvalue weighted by Crippen LogP contribution is -2.31. The van der Waals surface area contributed by atoms with Gasteiger partial charge in [0.25, 0.3) is 0 Å². The summed E-state index contributed by atoms with van der Waals surface area (Å²) in [4.78, 5) is 12.4. The Hall–Kier alpha value is -1.93. The highest BCUT2D eigenvalue weighted by Crippen LogP contribution is 2.24. The number of carbonyl (C=O) groups is 1. The van der Waals surface area contributed by atoms with Crippen LogP contribution in [0.4, 0.5) is 0 Å². The summed E-state index contributed by atoms with van der Waals surface area (Å²) >= 11 is 0. The van der Waals surface area contributed by atoms with Crippen LogP contribution in [0.25, 0.3) is 0 Å². The molecule has 0 bridgehead atoms. The molecule has 0 saturated heterocycles. The van der Waals surface area contributed by atoms with E-state index in [1.165, 1.54) is 16.6 Å². The lowest BCUT2D eigenvalue weighted by molar-refractivity contribution is 0.0914.